The molecule has 18 heavy (non-hydrogen) atoms. The molecule has 1 aromatic heterocycles. The molecule has 2 aromatic rings. The first kappa shape index (κ1) is 12.2. The summed E-state index contributed by atoms with van der Waals surface area (Å²) in [5, 5.41) is 0.794. The fraction of sp³-hybridized carbons (Fsp3) is 0.333. The summed E-state index contributed by atoms with van der Waals surface area (Å²) in [6, 6.07) is 10.6. The first-order chi connectivity index (χ1) is 8.65. The lowest BCUT2D eigenvalue weighted by Crippen LogP contribution is -2.10. The number of thiophene rings is 1. The molecule has 0 aliphatic heterocycles. The van der Waals surface area contributed by atoms with Gasteiger partial charge in [0.1, 0.15) is 0 Å². The third kappa shape index (κ3) is 2.33. The van der Waals surface area contributed by atoms with Crippen LogP contribution in [0.15, 0.2) is 30.3 Å². The van der Waals surface area contributed by atoms with Gasteiger partial charge in [0, 0.05) is 20.8 Å². The molecule has 1 atom stereocenters. The van der Waals surface area contributed by atoms with Crippen molar-refractivity contribution in [2.45, 2.75) is 25.8 Å². The largest absolute Gasteiger partial charge is 0.323 e. The molecule has 1 nitrogen and oxygen atoms in total. The molecule has 1 heterocycles. The Hall–Kier alpha value is -0.830. The second-order valence-corrected chi connectivity index (χ2v) is 6.58. The molecule has 1 aromatic carbocycles. The zero-order valence-electron chi connectivity index (χ0n) is 10.3. The summed E-state index contributed by atoms with van der Waals surface area (Å²) >= 11 is 7.81. The van der Waals surface area contributed by atoms with E-state index in [4.69, 9.17) is 17.3 Å². The lowest BCUT2D eigenvalue weighted by atomic mass is 10.1. The third-order valence-electron chi connectivity index (χ3n) is 3.54. The van der Waals surface area contributed by atoms with Crippen LogP contribution in [0, 0.1) is 12.8 Å². The number of aryl methyl sites for hydroxylation is 1. The summed E-state index contributed by atoms with van der Waals surface area (Å²) in [5.41, 5.74) is 8.72. The Kier molecular flexibility index (Phi) is 3.18. The summed E-state index contributed by atoms with van der Waals surface area (Å²) in [6.45, 7) is 2.10. The van der Waals surface area contributed by atoms with Crippen molar-refractivity contribution < 1.29 is 0 Å². The van der Waals surface area contributed by atoms with Crippen molar-refractivity contribution in [1.82, 2.24) is 0 Å². The molecule has 1 saturated carbocycles. The number of hydrogen-bond acceptors (Lipinski definition) is 2. The minimum atomic E-state index is 0.233. The van der Waals surface area contributed by atoms with Gasteiger partial charge in [0.15, 0.2) is 0 Å². The topological polar surface area (TPSA) is 26.0 Å². The lowest BCUT2D eigenvalue weighted by molar-refractivity contribution is 0.645. The number of nitrogens with two attached hydrogens (primary N) is 1. The van der Waals surface area contributed by atoms with E-state index in [9.17, 15) is 0 Å². The van der Waals surface area contributed by atoms with Crippen molar-refractivity contribution in [3.05, 3.63) is 45.8 Å². The molecule has 1 fully saturated rings. The molecule has 1 aliphatic carbocycles. The SMILES string of the molecule is Cc1cc(Cl)ccc1-c1ccc(C(N)C2CC2)s1. The predicted molar refractivity (Wildman–Crippen MR) is 79.2 cm³/mol. The molecule has 1 aliphatic rings. The van der Waals surface area contributed by atoms with Crippen LogP contribution in [0.2, 0.25) is 5.02 Å². The van der Waals surface area contributed by atoms with Gasteiger partial charge in [-0.25, -0.2) is 0 Å². The Morgan fingerprint density at radius 2 is 2.06 bits per heavy atom. The molecule has 2 N–H and O–H groups in total. The van der Waals surface area contributed by atoms with Crippen LogP contribution in [0.4, 0.5) is 0 Å². The third-order valence-corrected chi connectivity index (χ3v) is 4.99. The van der Waals surface area contributed by atoms with Crippen LogP contribution >= 0.6 is 22.9 Å². The van der Waals surface area contributed by atoms with Crippen molar-refractivity contribution in [2.24, 2.45) is 11.7 Å². The first-order valence-corrected chi connectivity index (χ1v) is 7.46. The van der Waals surface area contributed by atoms with E-state index in [1.54, 1.807) is 0 Å². The van der Waals surface area contributed by atoms with Gasteiger partial charge in [-0.05, 0) is 61.1 Å². The number of hydrogen-bond donors (Lipinski definition) is 1. The zero-order chi connectivity index (χ0) is 12.7. The molecule has 0 bridgehead atoms. The molecule has 3 rings (SSSR count). The minimum absolute atomic E-state index is 0.233. The van der Waals surface area contributed by atoms with Crippen LogP contribution in [0.5, 0.6) is 0 Å². The van der Waals surface area contributed by atoms with Crippen LogP contribution in [-0.2, 0) is 0 Å². The van der Waals surface area contributed by atoms with Crippen LogP contribution in [-0.4, -0.2) is 0 Å². The fourth-order valence-corrected chi connectivity index (χ4v) is 3.69. The normalized spacial score (nSPS) is 16.8. The van der Waals surface area contributed by atoms with Crippen LogP contribution < -0.4 is 5.73 Å². The van der Waals surface area contributed by atoms with E-state index in [0.717, 1.165) is 5.02 Å². The van der Waals surface area contributed by atoms with Gasteiger partial charge in [-0.2, -0.15) is 0 Å². The van der Waals surface area contributed by atoms with E-state index < -0.39 is 0 Å². The lowest BCUT2D eigenvalue weighted by Gasteiger charge is -2.07. The van der Waals surface area contributed by atoms with Gasteiger partial charge in [0.05, 0.1) is 0 Å². The molecule has 94 valence electrons. The maximum atomic E-state index is 6.24. The number of halogens is 1. The summed E-state index contributed by atoms with van der Waals surface area (Å²) in [6.07, 6.45) is 2.57. The van der Waals surface area contributed by atoms with Crippen LogP contribution in [0.3, 0.4) is 0 Å². The maximum Gasteiger partial charge on any atom is 0.0418 e. The molecule has 1 unspecified atom stereocenters. The Morgan fingerprint density at radius 1 is 1.28 bits per heavy atom. The predicted octanol–water partition coefficient (Wildman–Crippen LogP) is 4.79. The standard InChI is InChI=1S/C15H16ClNS/c1-9-8-11(16)4-5-12(9)13-6-7-14(18-13)15(17)10-2-3-10/h4-8,10,15H,2-3,17H2,1H3. The molecule has 0 spiro atoms. The van der Waals surface area contributed by atoms with Crippen molar-refractivity contribution in [3.8, 4) is 10.4 Å². The molecular formula is C15H16ClNS. The Labute approximate surface area is 117 Å². The number of benzene rings is 1. The van der Waals surface area contributed by atoms with Crippen molar-refractivity contribution >= 4 is 22.9 Å². The highest BCUT2D eigenvalue weighted by molar-refractivity contribution is 7.15. The highest BCUT2D eigenvalue weighted by Gasteiger charge is 2.30. The summed E-state index contributed by atoms with van der Waals surface area (Å²) < 4.78 is 0. The van der Waals surface area contributed by atoms with Crippen molar-refractivity contribution in [1.29, 1.82) is 0 Å². The van der Waals surface area contributed by atoms with Gasteiger partial charge in [-0.3, -0.25) is 0 Å². The average Bonchev–Trinajstić information content (AvgIpc) is 3.07. The van der Waals surface area contributed by atoms with E-state index in [1.165, 1.54) is 33.7 Å². The van der Waals surface area contributed by atoms with E-state index >= 15 is 0 Å². The molecule has 0 saturated heterocycles. The first-order valence-electron chi connectivity index (χ1n) is 6.27. The smallest absolute Gasteiger partial charge is 0.0418 e. The number of rotatable bonds is 3. The highest BCUT2D eigenvalue weighted by atomic mass is 35.5. The molecule has 0 amide bonds. The second-order valence-electron chi connectivity index (χ2n) is 5.02. The monoisotopic (exact) mass is 277 g/mol. The molecule has 3 heteroatoms. The molecular weight excluding hydrogens is 262 g/mol. The van der Waals surface area contributed by atoms with E-state index in [1.807, 2.05) is 23.5 Å². The van der Waals surface area contributed by atoms with Gasteiger partial charge >= 0.3 is 0 Å². The van der Waals surface area contributed by atoms with Crippen LogP contribution in [0.1, 0.15) is 29.3 Å². The van der Waals surface area contributed by atoms with E-state index in [2.05, 4.69) is 25.1 Å². The fourth-order valence-electron chi connectivity index (χ4n) is 2.27. The van der Waals surface area contributed by atoms with Gasteiger partial charge < -0.3 is 5.73 Å². The quantitative estimate of drug-likeness (QED) is 0.858. The minimum Gasteiger partial charge on any atom is -0.323 e. The Bertz CT molecular complexity index is 572. The summed E-state index contributed by atoms with van der Waals surface area (Å²) in [7, 11) is 0. The summed E-state index contributed by atoms with van der Waals surface area (Å²) in [4.78, 5) is 2.59. The maximum absolute atomic E-state index is 6.24. The average molecular weight is 278 g/mol. The van der Waals surface area contributed by atoms with Crippen molar-refractivity contribution in [3.63, 3.8) is 0 Å². The van der Waals surface area contributed by atoms with E-state index in [-0.39, 0.29) is 6.04 Å². The Balaban J connectivity index is 1.92. The Morgan fingerprint density at radius 3 is 2.72 bits per heavy atom. The van der Waals surface area contributed by atoms with Gasteiger partial charge in [0.25, 0.3) is 0 Å². The van der Waals surface area contributed by atoms with Gasteiger partial charge in [-0.15, -0.1) is 11.3 Å². The van der Waals surface area contributed by atoms with Gasteiger partial charge in [-0.1, -0.05) is 17.7 Å². The molecule has 0 radical (unpaired) electrons. The highest BCUT2D eigenvalue weighted by Crippen LogP contribution is 2.43. The van der Waals surface area contributed by atoms with Crippen molar-refractivity contribution in [2.75, 3.05) is 0 Å². The van der Waals surface area contributed by atoms with Crippen LogP contribution in [0.25, 0.3) is 10.4 Å². The summed E-state index contributed by atoms with van der Waals surface area (Å²) in [5.74, 6) is 0.711. The second kappa shape index (κ2) is 4.69. The van der Waals surface area contributed by atoms with Gasteiger partial charge in [0.2, 0.25) is 0 Å². The van der Waals surface area contributed by atoms with E-state index in [0.29, 0.717) is 5.92 Å². The zero-order valence-corrected chi connectivity index (χ0v) is 11.9.